The maximum Gasteiger partial charge on any atom is 0.303 e. The Morgan fingerprint density at radius 3 is 2.47 bits per heavy atom. The molecule has 30 heavy (non-hydrogen) atoms. The smallest absolute Gasteiger partial charge is 0.303 e. The first-order valence-corrected chi connectivity index (χ1v) is 10.2. The van der Waals surface area contributed by atoms with Gasteiger partial charge in [-0.15, -0.1) is 0 Å². The Balaban J connectivity index is 1.97. The third-order valence-corrected chi connectivity index (χ3v) is 7.71. The minimum absolute atomic E-state index is 0.0476. The van der Waals surface area contributed by atoms with Gasteiger partial charge in [-0.05, 0) is 30.8 Å². The Kier molecular flexibility index (Phi) is 4.47. The standard InChI is InChI=1S/C23H26O7/c1-10-6-7-22(5)15(12(10)3)17(26)19(29-9-24)14-16(22)18(27)21(30-13(4)25)23(20(14)28)8-11(23)2/h9,11,15,17,19,21,26H,1,3,6-8H2,2,4-5H3/t11-,15-,17+,19+,21+,22+,23-/m1/s1. The molecule has 0 aromatic heterocycles. The van der Waals surface area contributed by atoms with Crippen molar-refractivity contribution in [3.8, 4) is 0 Å². The number of aliphatic hydroxyl groups excluding tert-OH is 1. The second kappa shape index (κ2) is 6.48. The molecule has 0 heterocycles. The number of rotatable bonds is 3. The normalized spacial score (nSPS) is 42.6. The van der Waals surface area contributed by atoms with Crippen LogP contribution in [0.25, 0.3) is 0 Å². The van der Waals surface area contributed by atoms with Gasteiger partial charge in [0.1, 0.15) is 6.10 Å². The van der Waals surface area contributed by atoms with Gasteiger partial charge in [0.15, 0.2) is 18.0 Å². The molecule has 0 aliphatic heterocycles. The minimum Gasteiger partial charge on any atom is -0.457 e. The molecule has 4 aliphatic rings. The summed E-state index contributed by atoms with van der Waals surface area (Å²) in [5.41, 5.74) is -0.508. The number of Topliss-reactive ketones (excluding diaryl/α,β-unsaturated/α-hetero) is 2. The fourth-order valence-corrected chi connectivity index (χ4v) is 6.04. The molecule has 0 aromatic carbocycles. The molecule has 0 amide bonds. The first-order chi connectivity index (χ1) is 14.0. The van der Waals surface area contributed by atoms with Crippen molar-refractivity contribution in [3.63, 3.8) is 0 Å². The second-order valence-electron chi connectivity index (χ2n) is 9.28. The van der Waals surface area contributed by atoms with E-state index in [0.717, 1.165) is 5.57 Å². The molecule has 0 radical (unpaired) electrons. The van der Waals surface area contributed by atoms with Crippen LogP contribution in [0.15, 0.2) is 35.5 Å². The van der Waals surface area contributed by atoms with E-state index in [-0.39, 0.29) is 29.3 Å². The summed E-state index contributed by atoms with van der Waals surface area (Å²) in [4.78, 5) is 50.6. The van der Waals surface area contributed by atoms with Gasteiger partial charge in [0.25, 0.3) is 6.47 Å². The summed E-state index contributed by atoms with van der Waals surface area (Å²) in [6, 6.07) is 0. The Hall–Kier alpha value is -2.54. The topological polar surface area (TPSA) is 107 Å². The van der Waals surface area contributed by atoms with E-state index >= 15 is 0 Å². The van der Waals surface area contributed by atoms with Crippen molar-refractivity contribution in [2.45, 2.75) is 58.3 Å². The van der Waals surface area contributed by atoms with E-state index in [1.54, 1.807) is 0 Å². The van der Waals surface area contributed by atoms with Crippen LogP contribution in [-0.4, -0.2) is 47.4 Å². The Bertz CT molecular complexity index is 943. The first-order valence-electron chi connectivity index (χ1n) is 10.2. The molecule has 0 aromatic rings. The third kappa shape index (κ3) is 2.41. The third-order valence-electron chi connectivity index (χ3n) is 7.71. The molecular weight excluding hydrogens is 388 g/mol. The van der Waals surface area contributed by atoms with Gasteiger partial charge >= 0.3 is 5.97 Å². The van der Waals surface area contributed by atoms with Crippen molar-refractivity contribution in [1.82, 2.24) is 0 Å². The molecule has 4 aliphatic carbocycles. The van der Waals surface area contributed by atoms with Gasteiger partial charge in [0.2, 0.25) is 5.78 Å². The Morgan fingerprint density at radius 1 is 1.30 bits per heavy atom. The summed E-state index contributed by atoms with van der Waals surface area (Å²) >= 11 is 0. The number of carbonyl (C=O) groups excluding carboxylic acids is 4. The van der Waals surface area contributed by atoms with Crippen molar-refractivity contribution in [2.75, 3.05) is 0 Å². The summed E-state index contributed by atoms with van der Waals surface area (Å²) in [6.07, 6.45) is -2.32. The van der Waals surface area contributed by atoms with E-state index in [9.17, 15) is 24.3 Å². The van der Waals surface area contributed by atoms with Crippen molar-refractivity contribution < 1.29 is 33.8 Å². The number of hydrogen-bond donors (Lipinski definition) is 1. The maximum absolute atomic E-state index is 13.8. The molecule has 7 atom stereocenters. The van der Waals surface area contributed by atoms with E-state index < -0.39 is 46.8 Å². The Labute approximate surface area is 174 Å². The molecule has 0 bridgehead atoms. The number of esters is 1. The van der Waals surface area contributed by atoms with E-state index in [2.05, 4.69) is 13.2 Å². The molecule has 160 valence electrons. The van der Waals surface area contributed by atoms with E-state index in [1.165, 1.54) is 6.92 Å². The van der Waals surface area contributed by atoms with Crippen molar-refractivity contribution in [1.29, 1.82) is 0 Å². The SMILES string of the molecule is C=C1CC[C@]2(C)C3=C(C(=O)[C@]4(C[C@H]4C)[C@@H](OC(C)=O)C3=O)[C@H](OC=O)[C@@H](O)[C@H]2C1=C. The van der Waals surface area contributed by atoms with Gasteiger partial charge in [0.05, 0.1) is 5.41 Å². The number of aliphatic hydroxyl groups is 1. The molecule has 1 N–H and O–H groups in total. The monoisotopic (exact) mass is 414 g/mol. The van der Waals surface area contributed by atoms with Crippen LogP contribution in [0.2, 0.25) is 0 Å². The quantitative estimate of drug-likeness (QED) is 0.555. The summed E-state index contributed by atoms with van der Waals surface area (Å²) in [7, 11) is 0. The molecular formula is C23H26O7. The lowest BCUT2D eigenvalue weighted by molar-refractivity contribution is -0.163. The number of allylic oxidation sites excluding steroid dienone is 1. The predicted octanol–water partition coefficient (Wildman–Crippen LogP) is 1.84. The Morgan fingerprint density at radius 2 is 1.93 bits per heavy atom. The maximum atomic E-state index is 13.8. The van der Waals surface area contributed by atoms with Crippen LogP contribution in [0.5, 0.6) is 0 Å². The van der Waals surface area contributed by atoms with Crippen LogP contribution in [0.3, 0.4) is 0 Å². The predicted molar refractivity (Wildman–Crippen MR) is 105 cm³/mol. The number of fused-ring (bicyclic) bond motifs is 2. The molecule has 4 rings (SSSR count). The zero-order chi connectivity index (χ0) is 22.2. The van der Waals surface area contributed by atoms with Crippen LogP contribution >= 0.6 is 0 Å². The zero-order valence-corrected chi connectivity index (χ0v) is 17.4. The van der Waals surface area contributed by atoms with E-state index in [0.29, 0.717) is 24.8 Å². The van der Waals surface area contributed by atoms with Crippen LogP contribution in [0.1, 0.15) is 40.0 Å². The average molecular weight is 414 g/mol. The second-order valence-corrected chi connectivity index (χ2v) is 9.28. The molecule has 2 saturated carbocycles. The fourth-order valence-electron chi connectivity index (χ4n) is 6.04. The van der Waals surface area contributed by atoms with Gasteiger partial charge in [-0.25, -0.2) is 0 Å². The zero-order valence-electron chi connectivity index (χ0n) is 17.4. The summed E-state index contributed by atoms with van der Waals surface area (Å²) in [5.74, 6) is -2.28. The van der Waals surface area contributed by atoms with Gasteiger partial charge in [-0.2, -0.15) is 0 Å². The van der Waals surface area contributed by atoms with Crippen molar-refractivity contribution in [3.05, 3.63) is 35.5 Å². The largest absolute Gasteiger partial charge is 0.457 e. The van der Waals surface area contributed by atoms with E-state index in [4.69, 9.17) is 9.47 Å². The van der Waals surface area contributed by atoms with Crippen molar-refractivity contribution >= 4 is 24.0 Å². The molecule has 0 saturated heterocycles. The van der Waals surface area contributed by atoms with Crippen LogP contribution in [0, 0.1) is 22.7 Å². The molecule has 2 fully saturated rings. The molecule has 7 heteroatoms. The van der Waals surface area contributed by atoms with Crippen LogP contribution in [0.4, 0.5) is 0 Å². The van der Waals surface area contributed by atoms with Crippen molar-refractivity contribution in [2.24, 2.45) is 22.7 Å². The number of ketones is 2. The molecule has 0 unspecified atom stereocenters. The van der Waals surface area contributed by atoms with Gasteiger partial charge in [0, 0.05) is 29.4 Å². The van der Waals surface area contributed by atoms with Gasteiger partial charge in [-0.3, -0.25) is 19.2 Å². The highest BCUT2D eigenvalue weighted by molar-refractivity contribution is 6.20. The highest BCUT2D eigenvalue weighted by Gasteiger charge is 2.72. The lowest BCUT2D eigenvalue weighted by atomic mass is 9.50. The van der Waals surface area contributed by atoms with Crippen LogP contribution in [-0.2, 0) is 28.7 Å². The number of carbonyl (C=O) groups is 4. The lowest BCUT2D eigenvalue weighted by Crippen LogP contribution is -2.61. The highest BCUT2D eigenvalue weighted by atomic mass is 16.6. The first kappa shape index (κ1) is 20.7. The molecule has 1 spiro atoms. The molecule has 7 nitrogen and oxygen atoms in total. The highest BCUT2D eigenvalue weighted by Crippen LogP contribution is 2.65. The average Bonchev–Trinajstić information content (AvgIpc) is 3.34. The lowest BCUT2D eigenvalue weighted by Gasteiger charge is -2.54. The van der Waals surface area contributed by atoms with Gasteiger partial charge in [-0.1, -0.05) is 32.6 Å². The summed E-state index contributed by atoms with van der Waals surface area (Å²) < 4.78 is 10.6. The minimum atomic E-state index is -1.28. The van der Waals surface area contributed by atoms with E-state index in [1.807, 2.05) is 13.8 Å². The summed E-state index contributed by atoms with van der Waals surface area (Å²) in [5, 5.41) is 11.2. The fraction of sp³-hybridized carbons (Fsp3) is 0.565. The van der Waals surface area contributed by atoms with Crippen LogP contribution < -0.4 is 0 Å². The number of hydrogen-bond acceptors (Lipinski definition) is 7. The number of ether oxygens (including phenoxy) is 2. The summed E-state index contributed by atoms with van der Waals surface area (Å²) in [6.45, 7) is 13.1. The van der Waals surface area contributed by atoms with Gasteiger partial charge < -0.3 is 14.6 Å².